The molecule has 0 aliphatic carbocycles. The smallest absolute Gasteiger partial charge is 0.662 e. The Morgan fingerprint density at radius 1 is 1.62 bits per heavy atom. The Kier molecular flexibility index (Phi) is 6.34. The molecule has 1 heterocycles. The van der Waals surface area contributed by atoms with E-state index in [4.69, 9.17) is 0 Å². The summed E-state index contributed by atoms with van der Waals surface area (Å²) in [6, 6.07) is 0. The van der Waals surface area contributed by atoms with Crippen molar-refractivity contribution in [3.05, 3.63) is 5.32 Å². The molecule has 42 valence electrons. The average Bonchev–Trinajstić information content (AvgIpc) is 2.14. The van der Waals surface area contributed by atoms with Gasteiger partial charge in [0.05, 0.1) is 6.67 Å². The molecule has 0 amide bonds. The summed E-state index contributed by atoms with van der Waals surface area (Å²) in [7, 11) is 0. The van der Waals surface area contributed by atoms with Gasteiger partial charge < -0.3 is 5.32 Å². The van der Waals surface area contributed by atoms with Crippen LogP contribution in [0.15, 0.2) is 0 Å². The van der Waals surface area contributed by atoms with Crippen molar-refractivity contribution in [3.8, 4) is 0 Å². The maximum Gasteiger partial charge on any atom is 1.00 e. The second-order valence-corrected chi connectivity index (χ2v) is 1.94. The topological polar surface area (TPSA) is 14.1 Å². The van der Waals surface area contributed by atoms with Gasteiger partial charge in [0.1, 0.15) is 0 Å². The first-order valence-electron chi connectivity index (χ1n) is 2.62. The van der Waals surface area contributed by atoms with E-state index in [-0.39, 0.29) is 64.0 Å². The molecule has 0 radical (unpaired) electrons. The fourth-order valence-electron chi connectivity index (χ4n) is 0.765. The molecule has 0 aromatic carbocycles. The minimum absolute atomic E-state index is 0. The summed E-state index contributed by atoms with van der Waals surface area (Å²) in [5.41, 5.74) is 0. The summed E-state index contributed by atoms with van der Waals surface area (Å²) in [6.07, 6.45) is 0.969. The van der Waals surface area contributed by atoms with Crippen LogP contribution in [-0.2, 0) is 0 Å². The van der Waals surface area contributed by atoms with Gasteiger partial charge in [-0.3, -0.25) is 4.39 Å². The van der Waals surface area contributed by atoms with Crippen molar-refractivity contribution >= 4 is 0 Å². The molecule has 8 heavy (non-hydrogen) atoms. The molecule has 0 aromatic rings. The Bertz CT molecular complexity index is 54.4. The van der Waals surface area contributed by atoms with E-state index in [1.807, 2.05) is 0 Å². The van der Waals surface area contributed by atoms with Crippen molar-refractivity contribution in [2.45, 2.75) is 6.42 Å². The van der Waals surface area contributed by atoms with Crippen LogP contribution in [0.3, 0.4) is 0 Å². The monoisotopic (exact) mass is 141 g/mol. The van der Waals surface area contributed by atoms with Gasteiger partial charge in [-0.15, -0.1) is 13.1 Å². The van der Waals surface area contributed by atoms with Gasteiger partial charge in [-0.05, 0) is 5.92 Å². The molecule has 1 fully saturated rings. The van der Waals surface area contributed by atoms with E-state index in [2.05, 4.69) is 5.32 Å². The maximum atomic E-state index is 11.6. The molecule has 1 atom stereocenters. The van der Waals surface area contributed by atoms with Crippen LogP contribution in [0.4, 0.5) is 4.39 Å². The van der Waals surface area contributed by atoms with E-state index >= 15 is 0 Å². The van der Waals surface area contributed by atoms with E-state index < -0.39 is 0 Å². The predicted octanol–water partition coefficient (Wildman–Crippen LogP) is -1.65. The predicted molar refractivity (Wildman–Crippen MR) is 27.2 cm³/mol. The van der Waals surface area contributed by atoms with Crippen LogP contribution in [0.2, 0.25) is 0 Å². The van der Waals surface area contributed by atoms with Gasteiger partial charge >= 0.3 is 51.4 Å². The molecule has 1 unspecified atom stereocenters. The molecule has 1 nitrogen and oxygen atoms in total. The Hall–Kier alpha value is 1.53. The van der Waals surface area contributed by atoms with Crippen LogP contribution in [-0.4, -0.2) is 19.8 Å². The van der Waals surface area contributed by atoms with Crippen LogP contribution < -0.4 is 51.4 Å². The molecule has 0 spiro atoms. The van der Waals surface area contributed by atoms with Crippen LogP contribution in [0.5, 0.6) is 0 Å². The minimum atomic E-state index is -0.177. The second-order valence-electron chi connectivity index (χ2n) is 1.94. The van der Waals surface area contributed by atoms with E-state index in [1.54, 1.807) is 0 Å². The Balaban J connectivity index is 0.000000490. The van der Waals surface area contributed by atoms with E-state index in [0.29, 0.717) is 0 Å². The molecule has 0 aromatic heterocycles. The fraction of sp³-hybridized carbons (Fsp3) is 1.00. The molecular formula is C5H9FKN. The molecule has 1 aliphatic heterocycles. The van der Waals surface area contributed by atoms with Gasteiger partial charge in [0.15, 0.2) is 0 Å². The molecule has 3 heteroatoms. The van der Waals surface area contributed by atoms with Gasteiger partial charge in [-0.1, -0.05) is 6.42 Å². The number of hydrogen-bond acceptors (Lipinski definition) is 0. The zero-order valence-corrected chi connectivity index (χ0v) is 8.35. The second kappa shape index (κ2) is 5.32. The van der Waals surface area contributed by atoms with Gasteiger partial charge in [0.25, 0.3) is 0 Å². The normalized spacial score (nSPS) is 27.4. The molecule has 1 rings (SSSR count). The summed E-state index contributed by atoms with van der Waals surface area (Å²) < 4.78 is 11.6. The summed E-state index contributed by atoms with van der Waals surface area (Å²) >= 11 is 0. The molecular weight excluding hydrogens is 132 g/mol. The van der Waals surface area contributed by atoms with E-state index in [9.17, 15) is 4.39 Å². The average molecular weight is 141 g/mol. The number of rotatable bonds is 1. The van der Waals surface area contributed by atoms with Crippen LogP contribution in [0.1, 0.15) is 6.42 Å². The number of hydrogen-bond donors (Lipinski definition) is 0. The van der Waals surface area contributed by atoms with Crippen molar-refractivity contribution in [2.75, 3.05) is 19.8 Å². The zero-order chi connectivity index (χ0) is 5.11. The summed E-state index contributed by atoms with van der Waals surface area (Å²) in [5.74, 6) is 0.264. The van der Waals surface area contributed by atoms with Crippen LogP contribution in [0, 0.1) is 5.92 Å². The SMILES string of the molecule is FCC1CC[N-]C1.[K+]. The summed E-state index contributed by atoms with van der Waals surface area (Å²) in [4.78, 5) is 0. The minimum Gasteiger partial charge on any atom is -0.662 e. The Morgan fingerprint density at radius 2 is 2.38 bits per heavy atom. The quantitative estimate of drug-likeness (QED) is 0.389. The van der Waals surface area contributed by atoms with Crippen molar-refractivity contribution < 1.29 is 55.8 Å². The Morgan fingerprint density at radius 3 is 2.62 bits per heavy atom. The van der Waals surface area contributed by atoms with Crippen molar-refractivity contribution in [1.82, 2.24) is 0 Å². The summed E-state index contributed by atoms with van der Waals surface area (Å²) in [6.45, 7) is 1.47. The van der Waals surface area contributed by atoms with Gasteiger partial charge in [0, 0.05) is 0 Å². The number of alkyl halides is 1. The first-order valence-corrected chi connectivity index (χ1v) is 2.62. The first-order chi connectivity index (χ1) is 3.43. The van der Waals surface area contributed by atoms with Crippen molar-refractivity contribution in [2.24, 2.45) is 5.92 Å². The van der Waals surface area contributed by atoms with Crippen molar-refractivity contribution in [3.63, 3.8) is 0 Å². The van der Waals surface area contributed by atoms with Crippen LogP contribution in [0.25, 0.3) is 5.32 Å². The fourth-order valence-corrected chi connectivity index (χ4v) is 0.765. The molecule has 0 bridgehead atoms. The number of nitrogens with zero attached hydrogens (tertiary/aromatic N) is 1. The third-order valence-electron chi connectivity index (χ3n) is 1.30. The van der Waals surface area contributed by atoms with Crippen LogP contribution >= 0.6 is 0 Å². The van der Waals surface area contributed by atoms with Gasteiger partial charge in [-0.25, -0.2) is 0 Å². The molecule has 1 saturated heterocycles. The van der Waals surface area contributed by atoms with E-state index in [1.165, 1.54) is 0 Å². The number of halogens is 1. The molecule has 0 N–H and O–H groups in total. The van der Waals surface area contributed by atoms with Crippen molar-refractivity contribution in [1.29, 1.82) is 0 Å². The molecule has 1 aliphatic rings. The third kappa shape index (κ3) is 2.89. The third-order valence-corrected chi connectivity index (χ3v) is 1.30. The Labute approximate surface area is 91.8 Å². The summed E-state index contributed by atoms with van der Waals surface area (Å²) in [5, 5.41) is 4.00. The van der Waals surface area contributed by atoms with E-state index in [0.717, 1.165) is 19.5 Å². The molecule has 0 saturated carbocycles. The first kappa shape index (κ1) is 9.53. The van der Waals surface area contributed by atoms with Gasteiger partial charge in [0.2, 0.25) is 0 Å². The zero-order valence-electron chi connectivity index (χ0n) is 5.23. The largest absolute Gasteiger partial charge is 1.00 e. The van der Waals surface area contributed by atoms with Gasteiger partial charge in [-0.2, -0.15) is 0 Å². The maximum absolute atomic E-state index is 11.6. The standard InChI is InChI=1S/C5H9FN.K/c6-3-5-1-2-7-4-5;/h5H,1-4H2;/q-1;+1.